The van der Waals surface area contributed by atoms with Crippen LogP contribution in [0.15, 0.2) is 0 Å². The first-order chi connectivity index (χ1) is 9.83. The molecule has 0 radical (unpaired) electrons. The van der Waals surface area contributed by atoms with Crippen LogP contribution in [0.3, 0.4) is 0 Å². The van der Waals surface area contributed by atoms with Gasteiger partial charge in [0.2, 0.25) is 5.91 Å². The Morgan fingerprint density at radius 3 is 2.43 bits per heavy atom. The quantitative estimate of drug-likeness (QED) is 0.656. The molecular weight excluding hydrogens is 268 g/mol. The van der Waals surface area contributed by atoms with Gasteiger partial charge in [0.25, 0.3) is 0 Å². The van der Waals surface area contributed by atoms with E-state index in [1.54, 1.807) is 0 Å². The standard InChI is InChI=1S/C16H32N2O3/c1-12-7-5-6-8-14(12)17-15(21)13(2)18(4)9-16(3,10-19)11-20/h12-14,19-20H,5-11H2,1-4H3,(H,17,21). The number of nitrogens with one attached hydrogen (secondary N) is 1. The lowest BCUT2D eigenvalue weighted by atomic mass is 9.86. The summed E-state index contributed by atoms with van der Waals surface area (Å²) in [7, 11) is 1.86. The Morgan fingerprint density at radius 1 is 1.33 bits per heavy atom. The van der Waals surface area contributed by atoms with E-state index in [0.717, 1.165) is 6.42 Å². The highest BCUT2D eigenvalue weighted by Gasteiger charge is 2.30. The minimum Gasteiger partial charge on any atom is -0.396 e. The second kappa shape index (κ2) is 8.11. The molecule has 1 aliphatic carbocycles. The van der Waals surface area contributed by atoms with Crippen LogP contribution in [-0.4, -0.2) is 59.9 Å². The largest absolute Gasteiger partial charge is 0.396 e. The number of carbonyl (C=O) groups excluding carboxylic acids is 1. The first-order valence-corrected chi connectivity index (χ1v) is 8.05. The lowest BCUT2D eigenvalue weighted by molar-refractivity contribution is -0.127. The Hall–Kier alpha value is -0.650. The van der Waals surface area contributed by atoms with Crippen molar-refractivity contribution in [1.29, 1.82) is 0 Å². The van der Waals surface area contributed by atoms with Gasteiger partial charge in [0.15, 0.2) is 0 Å². The van der Waals surface area contributed by atoms with Gasteiger partial charge >= 0.3 is 0 Å². The van der Waals surface area contributed by atoms with Crippen molar-refractivity contribution in [3.63, 3.8) is 0 Å². The molecular formula is C16H32N2O3. The molecule has 5 nitrogen and oxygen atoms in total. The zero-order valence-electron chi connectivity index (χ0n) is 13.9. The second-order valence-electron chi connectivity index (χ2n) is 7.09. The van der Waals surface area contributed by atoms with Gasteiger partial charge in [-0.05, 0) is 32.7 Å². The fourth-order valence-corrected chi connectivity index (χ4v) is 2.92. The molecule has 0 aromatic carbocycles. The van der Waals surface area contributed by atoms with E-state index in [4.69, 9.17) is 0 Å². The third-order valence-corrected chi connectivity index (χ3v) is 4.87. The summed E-state index contributed by atoms with van der Waals surface area (Å²) >= 11 is 0. The van der Waals surface area contributed by atoms with Crippen molar-refractivity contribution in [1.82, 2.24) is 10.2 Å². The van der Waals surface area contributed by atoms with Gasteiger partial charge in [0.1, 0.15) is 0 Å². The van der Waals surface area contributed by atoms with E-state index in [1.165, 1.54) is 19.3 Å². The fraction of sp³-hybridized carbons (Fsp3) is 0.938. The van der Waals surface area contributed by atoms with Crippen molar-refractivity contribution in [2.24, 2.45) is 11.3 Å². The number of aliphatic hydroxyl groups excluding tert-OH is 2. The third kappa shape index (κ3) is 5.24. The highest BCUT2D eigenvalue weighted by molar-refractivity contribution is 5.81. The number of amides is 1. The monoisotopic (exact) mass is 300 g/mol. The molecule has 0 saturated heterocycles. The summed E-state index contributed by atoms with van der Waals surface area (Å²) in [5.41, 5.74) is -0.582. The van der Waals surface area contributed by atoms with E-state index in [0.29, 0.717) is 12.5 Å². The van der Waals surface area contributed by atoms with Gasteiger partial charge < -0.3 is 15.5 Å². The summed E-state index contributed by atoms with van der Waals surface area (Å²) in [5, 5.41) is 21.9. The maximum absolute atomic E-state index is 12.4. The molecule has 0 aromatic rings. The number of carbonyl (C=O) groups is 1. The van der Waals surface area contributed by atoms with E-state index >= 15 is 0 Å². The molecule has 0 spiro atoms. The zero-order chi connectivity index (χ0) is 16.0. The molecule has 124 valence electrons. The van der Waals surface area contributed by atoms with Gasteiger partial charge in [-0.2, -0.15) is 0 Å². The topological polar surface area (TPSA) is 72.8 Å². The summed E-state index contributed by atoms with van der Waals surface area (Å²) in [6.45, 7) is 6.18. The SMILES string of the molecule is CC1CCCCC1NC(=O)C(C)N(C)CC(C)(CO)CO. The van der Waals surface area contributed by atoms with Crippen LogP contribution >= 0.6 is 0 Å². The first kappa shape index (κ1) is 18.4. The van der Waals surface area contributed by atoms with Gasteiger partial charge in [-0.25, -0.2) is 0 Å². The van der Waals surface area contributed by atoms with Crippen LogP contribution in [0.25, 0.3) is 0 Å². The van der Waals surface area contributed by atoms with E-state index < -0.39 is 5.41 Å². The predicted molar refractivity (Wildman–Crippen MR) is 83.9 cm³/mol. The van der Waals surface area contributed by atoms with Crippen LogP contribution in [0.4, 0.5) is 0 Å². The third-order valence-electron chi connectivity index (χ3n) is 4.87. The molecule has 1 aliphatic rings. The smallest absolute Gasteiger partial charge is 0.237 e. The first-order valence-electron chi connectivity index (χ1n) is 8.05. The molecule has 1 fully saturated rings. The summed E-state index contributed by atoms with van der Waals surface area (Å²) in [6, 6.07) is 0.0146. The number of aliphatic hydroxyl groups is 2. The molecule has 1 rings (SSSR count). The zero-order valence-corrected chi connectivity index (χ0v) is 13.9. The number of hydrogen-bond acceptors (Lipinski definition) is 4. The van der Waals surface area contributed by atoms with Gasteiger partial charge in [0.05, 0.1) is 19.3 Å². The number of nitrogens with zero attached hydrogens (tertiary/aromatic N) is 1. The van der Waals surface area contributed by atoms with Gasteiger partial charge in [-0.3, -0.25) is 9.69 Å². The number of likely N-dealkylation sites (N-methyl/N-ethyl adjacent to an activating group) is 1. The van der Waals surface area contributed by atoms with E-state index in [2.05, 4.69) is 12.2 Å². The molecule has 1 saturated carbocycles. The molecule has 3 N–H and O–H groups in total. The summed E-state index contributed by atoms with van der Waals surface area (Å²) in [5.74, 6) is 0.579. The van der Waals surface area contributed by atoms with Gasteiger partial charge in [0, 0.05) is 18.0 Å². The van der Waals surface area contributed by atoms with E-state index in [1.807, 2.05) is 25.8 Å². The molecule has 0 heterocycles. The van der Waals surface area contributed by atoms with Gasteiger partial charge in [-0.15, -0.1) is 0 Å². The lowest BCUT2D eigenvalue weighted by Crippen LogP contribution is -2.52. The Bertz CT molecular complexity index is 331. The highest BCUT2D eigenvalue weighted by atomic mass is 16.3. The van der Waals surface area contributed by atoms with Crippen LogP contribution in [0.1, 0.15) is 46.5 Å². The number of hydrogen-bond donors (Lipinski definition) is 3. The Kier molecular flexibility index (Phi) is 7.10. The van der Waals surface area contributed by atoms with E-state index in [9.17, 15) is 15.0 Å². The molecule has 21 heavy (non-hydrogen) atoms. The summed E-state index contributed by atoms with van der Waals surface area (Å²) in [4.78, 5) is 14.3. The molecule has 0 bridgehead atoms. The summed E-state index contributed by atoms with van der Waals surface area (Å²) < 4.78 is 0. The van der Waals surface area contributed by atoms with Crippen molar-refractivity contribution < 1.29 is 15.0 Å². The van der Waals surface area contributed by atoms with Crippen molar-refractivity contribution in [3.8, 4) is 0 Å². The Balaban J connectivity index is 2.52. The average molecular weight is 300 g/mol. The minimum atomic E-state index is -0.582. The Morgan fingerprint density at radius 2 is 1.90 bits per heavy atom. The lowest BCUT2D eigenvalue weighted by Gasteiger charge is -2.35. The van der Waals surface area contributed by atoms with Crippen molar-refractivity contribution in [2.45, 2.75) is 58.5 Å². The minimum absolute atomic E-state index is 0.0366. The number of rotatable bonds is 7. The molecule has 5 heteroatoms. The molecule has 3 unspecified atom stereocenters. The van der Waals surface area contributed by atoms with Gasteiger partial charge in [-0.1, -0.05) is 26.7 Å². The van der Waals surface area contributed by atoms with Crippen molar-refractivity contribution in [2.75, 3.05) is 26.8 Å². The van der Waals surface area contributed by atoms with Crippen LogP contribution in [-0.2, 0) is 4.79 Å². The van der Waals surface area contributed by atoms with Crippen LogP contribution in [0.5, 0.6) is 0 Å². The predicted octanol–water partition coefficient (Wildman–Crippen LogP) is 0.992. The normalized spacial score (nSPS) is 24.9. The van der Waals surface area contributed by atoms with Crippen molar-refractivity contribution in [3.05, 3.63) is 0 Å². The van der Waals surface area contributed by atoms with E-state index in [-0.39, 0.29) is 31.2 Å². The van der Waals surface area contributed by atoms with Crippen molar-refractivity contribution >= 4 is 5.91 Å². The molecule has 3 atom stereocenters. The second-order valence-corrected chi connectivity index (χ2v) is 7.09. The Labute approximate surface area is 128 Å². The maximum Gasteiger partial charge on any atom is 0.237 e. The molecule has 0 aliphatic heterocycles. The molecule has 1 amide bonds. The van der Waals surface area contributed by atoms with Crippen LogP contribution in [0.2, 0.25) is 0 Å². The summed E-state index contributed by atoms with van der Waals surface area (Å²) in [6.07, 6.45) is 4.69. The maximum atomic E-state index is 12.4. The molecule has 0 aromatic heterocycles. The average Bonchev–Trinajstić information content (AvgIpc) is 2.48. The van der Waals surface area contributed by atoms with Crippen LogP contribution in [0, 0.1) is 11.3 Å². The highest BCUT2D eigenvalue weighted by Crippen LogP contribution is 2.24. The van der Waals surface area contributed by atoms with Crippen LogP contribution < -0.4 is 5.32 Å². The fourth-order valence-electron chi connectivity index (χ4n) is 2.92.